The number of aryl methyl sites for hydroxylation is 1. The van der Waals surface area contributed by atoms with Crippen LogP contribution in [0, 0.1) is 6.92 Å². The van der Waals surface area contributed by atoms with Crippen molar-refractivity contribution >= 4 is 0 Å². The summed E-state index contributed by atoms with van der Waals surface area (Å²) >= 11 is 0. The van der Waals surface area contributed by atoms with Gasteiger partial charge in [-0.05, 0) is 46.6 Å². The van der Waals surface area contributed by atoms with Gasteiger partial charge in [0.25, 0.3) is 0 Å². The monoisotopic (exact) mass is 250 g/mol. The molecule has 0 spiro atoms. The maximum Gasteiger partial charge on any atom is 0.0724 e. The van der Waals surface area contributed by atoms with Crippen LogP contribution in [0.1, 0.15) is 45.2 Å². The predicted octanol–water partition coefficient (Wildman–Crippen LogP) is 4.11. The van der Waals surface area contributed by atoms with E-state index < -0.39 is 0 Å². The van der Waals surface area contributed by atoms with E-state index >= 15 is 0 Å². The van der Waals surface area contributed by atoms with Crippen LogP contribution in [0.2, 0.25) is 0 Å². The Labute approximate surface area is 111 Å². The van der Waals surface area contributed by atoms with Crippen LogP contribution in [0.5, 0.6) is 0 Å². The van der Waals surface area contributed by atoms with Crippen LogP contribution < -0.4 is 0 Å². The fourth-order valence-corrected chi connectivity index (χ4v) is 1.58. The van der Waals surface area contributed by atoms with Crippen LogP contribution in [-0.4, -0.2) is 18.3 Å². The Balaban J connectivity index is 2.34. The molecule has 18 heavy (non-hydrogen) atoms. The summed E-state index contributed by atoms with van der Waals surface area (Å²) in [5.41, 5.74) is 2.36. The molecule has 102 valence electrons. The summed E-state index contributed by atoms with van der Waals surface area (Å²) in [6, 6.07) is 8.48. The molecule has 0 aromatic heterocycles. The van der Waals surface area contributed by atoms with Gasteiger partial charge in [-0.1, -0.05) is 29.8 Å². The normalized spacial score (nSPS) is 12.1. The van der Waals surface area contributed by atoms with Crippen LogP contribution in [0.3, 0.4) is 0 Å². The minimum atomic E-state index is -0.139. The summed E-state index contributed by atoms with van der Waals surface area (Å²) < 4.78 is 11.5. The summed E-state index contributed by atoms with van der Waals surface area (Å²) in [7, 11) is 0. The molecule has 0 saturated heterocycles. The largest absolute Gasteiger partial charge is 0.379 e. The first kappa shape index (κ1) is 15.2. The summed E-state index contributed by atoms with van der Waals surface area (Å²) in [6.45, 7) is 11.8. The van der Waals surface area contributed by atoms with Gasteiger partial charge in [-0.3, -0.25) is 0 Å². The van der Waals surface area contributed by atoms with Crippen molar-refractivity contribution in [2.75, 3.05) is 6.61 Å². The Bertz CT molecular complexity index is 339. The predicted molar refractivity (Wildman–Crippen MR) is 75.8 cm³/mol. The molecular formula is C16H26O2. The lowest BCUT2D eigenvalue weighted by atomic mass is 10.1. The van der Waals surface area contributed by atoms with E-state index in [0.717, 1.165) is 13.0 Å². The van der Waals surface area contributed by atoms with E-state index in [4.69, 9.17) is 9.47 Å². The summed E-state index contributed by atoms with van der Waals surface area (Å²) in [6.07, 6.45) is 1.20. The lowest BCUT2D eigenvalue weighted by Crippen LogP contribution is -2.26. The molecule has 0 aliphatic rings. The van der Waals surface area contributed by atoms with Gasteiger partial charge in [0.15, 0.2) is 0 Å². The highest BCUT2D eigenvalue weighted by molar-refractivity contribution is 5.20. The molecule has 0 saturated carbocycles. The van der Waals surface area contributed by atoms with Crippen LogP contribution in [0.25, 0.3) is 0 Å². The van der Waals surface area contributed by atoms with Gasteiger partial charge >= 0.3 is 0 Å². The van der Waals surface area contributed by atoms with E-state index in [2.05, 4.69) is 58.9 Å². The van der Waals surface area contributed by atoms with E-state index in [0.29, 0.717) is 6.61 Å². The summed E-state index contributed by atoms with van der Waals surface area (Å²) in [5.74, 6) is 0. The van der Waals surface area contributed by atoms with E-state index in [-0.39, 0.29) is 11.7 Å². The third-order valence-electron chi connectivity index (χ3n) is 2.91. The van der Waals surface area contributed by atoms with E-state index in [9.17, 15) is 0 Å². The van der Waals surface area contributed by atoms with Crippen LogP contribution in [0.4, 0.5) is 0 Å². The molecule has 0 atom stereocenters. The van der Waals surface area contributed by atoms with Gasteiger partial charge in [-0.2, -0.15) is 0 Å². The van der Waals surface area contributed by atoms with Gasteiger partial charge in [-0.15, -0.1) is 0 Å². The van der Waals surface area contributed by atoms with Crippen molar-refractivity contribution in [1.29, 1.82) is 0 Å². The number of hydrogen-bond donors (Lipinski definition) is 0. The minimum absolute atomic E-state index is 0.139. The molecule has 2 nitrogen and oxygen atoms in total. The molecule has 0 aliphatic carbocycles. The molecule has 0 radical (unpaired) electrons. The standard InChI is InChI=1S/C16H26O2/c1-13(2)17-11-10-16(4,5)18-12-15-8-6-14(3)7-9-15/h6-9,13H,10-12H2,1-5H3. The van der Waals surface area contributed by atoms with Crippen molar-refractivity contribution in [2.24, 2.45) is 0 Å². The first-order valence-electron chi connectivity index (χ1n) is 6.70. The molecule has 0 unspecified atom stereocenters. The zero-order valence-corrected chi connectivity index (χ0v) is 12.3. The molecule has 0 amide bonds. The fraction of sp³-hybridized carbons (Fsp3) is 0.625. The second-order valence-electron chi connectivity index (χ2n) is 5.70. The Kier molecular flexibility index (Phi) is 5.83. The van der Waals surface area contributed by atoms with Gasteiger partial charge in [0.1, 0.15) is 0 Å². The van der Waals surface area contributed by atoms with Crippen molar-refractivity contribution < 1.29 is 9.47 Å². The van der Waals surface area contributed by atoms with Crippen molar-refractivity contribution in [3.8, 4) is 0 Å². The molecule has 0 bridgehead atoms. The fourth-order valence-electron chi connectivity index (χ4n) is 1.58. The zero-order chi connectivity index (χ0) is 13.6. The molecule has 1 aromatic rings. The quantitative estimate of drug-likeness (QED) is 0.725. The van der Waals surface area contributed by atoms with Gasteiger partial charge in [0.2, 0.25) is 0 Å². The van der Waals surface area contributed by atoms with E-state index in [1.54, 1.807) is 0 Å². The highest BCUT2D eigenvalue weighted by Crippen LogP contribution is 2.17. The first-order chi connectivity index (χ1) is 8.39. The Morgan fingerprint density at radius 3 is 2.28 bits per heavy atom. The summed E-state index contributed by atoms with van der Waals surface area (Å²) in [4.78, 5) is 0. The van der Waals surface area contributed by atoms with Crippen LogP contribution >= 0.6 is 0 Å². The number of benzene rings is 1. The van der Waals surface area contributed by atoms with Crippen LogP contribution in [-0.2, 0) is 16.1 Å². The highest BCUT2D eigenvalue weighted by Gasteiger charge is 2.18. The van der Waals surface area contributed by atoms with Gasteiger partial charge < -0.3 is 9.47 Å². The smallest absolute Gasteiger partial charge is 0.0724 e. The average Bonchev–Trinajstić information content (AvgIpc) is 2.27. The number of rotatable bonds is 7. The van der Waals surface area contributed by atoms with Crippen molar-refractivity contribution in [1.82, 2.24) is 0 Å². The number of ether oxygens (including phenoxy) is 2. The lowest BCUT2D eigenvalue weighted by molar-refractivity contribution is -0.0563. The highest BCUT2D eigenvalue weighted by atomic mass is 16.5. The third-order valence-corrected chi connectivity index (χ3v) is 2.91. The van der Waals surface area contributed by atoms with Gasteiger partial charge in [0, 0.05) is 6.61 Å². The molecule has 0 heterocycles. The second kappa shape index (κ2) is 6.91. The van der Waals surface area contributed by atoms with E-state index in [1.807, 2.05) is 0 Å². The Hall–Kier alpha value is -0.860. The molecule has 0 fully saturated rings. The molecule has 0 N–H and O–H groups in total. The first-order valence-corrected chi connectivity index (χ1v) is 6.70. The molecule has 1 aromatic carbocycles. The average molecular weight is 250 g/mol. The molecular weight excluding hydrogens is 224 g/mol. The van der Waals surface area contributed by atoms with Crippen molar-refractivity contribution in [3.63, 3.8) is 0 Å². The van der Waals surface area contributed by atoms with Gasteiger partial charge in [0.05, 0.1) is 18.3 Å². The molecule has 0 aliphatic heterocycles. The lowest BCUT2D eigenvalue weighted by Gasteiger charge is -2.25. The minimum Gasteiger partial charge on any atom is -0.379 e. The third kappa shape index (κ3) is 6.18. The Morgan fingerprint density at radius 1 is 1.11 bits per heavy atom. The maximum absolute atomic E-state index is 5.96. The summed E-state index contributed by atoms with van der Waals surface area (Å²) in [5, 5.41) is 0. The topological polar surface area (TPSA) is 18.5 Å². The van der Waals surface area contributed by atoms with Crippen molar-refractivity contribution in [3.05, 3.63) is 35.4 Å². The molecule has 2 heteroatoms. The van der Waals surface area contributed by atoms with E-state index in [1.165, 1.54) is 11.1 Å². The molecule has 1 rings (SSSR count). The Morgan fingerprint density at radius 2 is 1.72 bits per heavy atom. The second-order valence-corrected chi connectivity index (χ2v) is 5.70. The maximum atomic E-state index is 5.96. The zero-order valence-electron chi connectivity index (χ0n) is 12.3. The SMILES string of the molecule is Cc1ccc(COC(C)(C)CCOC(C)C)cc1. The van der Waals surface area contributed by atoms with Crippen LogP contribution in [0.15, 0.2) is 24.3 Å². The van der Waals surface area contributed by atoms with Gasteiger partial charge in [-0.25, -0.2) is 0 Å². The van der Waals surface area contributed by atoms with Crippen molar-refractivity contribution in [2.45, 2.75) is 59.4 Å². The number of hydrogen-bond acceptors (Lipinski definition) is 2.